The Hall–Kier alpha value is -2.74. The van der Waals surface area contributed by atoms with Crippen LogP contribution in [-0.2, 0) is 10.9 Å². The van der Waals surface area contributed by atoms with Crippen molar-refractivity contribution in [2.75, 3.05) is 7.11 Å². The van der Waals surface area contributed by atoms with Crippen LogP contribution < -0.4 is 15.9 Å². The topological polar surface area (TPSA) is 26.3 Å². The van der Waals surface area contributed by atoms with Crippen LogP contribution in [0.3, 0.4) is 0 Å². The molecular formula is C27H23BrO2P+. The number of hydrogen-bond donors (Lipinski definition) is 0. The molecule has 4 aromatic carbocycles. The van der Waals surface area contributed by atoms with Crippen molar-refractivity contribution in [3.05, 3.63) is 125 Å². The molecule has 0 spiro atoms. The molecule has 0 aromatic heterocycles. The van der Waals surface area contributed by atoms with Crippen molar-refractivity contribution in [1.29, 1.82) is 0 Å². The largest absolute Gasteiger partial charge is 0.465 e. The van der Waals surface area contributed by atoms with E-state index in [1.54, 1.807) is 6.07 Å². The zero-order chi connectivity index (χ0) is 21.7. The summed E-state index contributed by atoms with van der Waals surface area (Å²) < 4.78 is 5.80. The number of ether oxygens (including phenoxy) is 1. The number of methoxy groups -OCH3 is 1. The van der Waals surface area contributed by atoms with E-state index < -0.39 is 7.26 Å². The SMILES string of the molecule is COC(=O)c1cccc(C[P+](c2ccccc2)(c2ccccc2)c2ccccc2)c1Br. The van der Waals surface area contributed by atoms with Gasteiger partial charge in [0, 0.05) is 10.0 Å². The van der Waals surface area contributed by atoms with Crippen molar-refractivity contribution in [2.45, 2.75) is 6.16 Å². The summed E-state index contributed by atoms with van der Waals surface area (Å²) in [4.78, 5) is 12.3. The first-order valence-corrected chi connectivity index (χ1v) is 12.8. The molecule has 0 atom stereocenters. The standard InChI is InChI=1S/C27H23BrO2P/c1-30-27(29)25-19-11-12-21(26(25)28)20-31(22-13-5-2-6-14-22,23-15-7-3-8-16-23)24-17-9-4-10-18-24/h2-19H,20H2,1H3/q+1. The Morgan fingerprint density at radius 2 is 1.16 bits per heavy atom. The van der Waals surface area contributed by atoms with Crippen molar-refractivity contribution in [3.8, 4) is 0 Å². The van der Waals surface area contributed by atoms with Crippen LogP contribution in [0.15, 0.2) is 114 Å². The number of carbonyl (C=O) groups is 1. The van der Waals surface area contributed by atoms with E-state index >= 15 is 0 Å². The van der Waals surface area contributed by atoms with Crippen LogP contribution in [0.4, 0.5) is 0 Å². The molecule has 4 heteroatoms. The molecule has 2 nitrogen and oxygen atoms in total. The molecule has 0 bridgehead atoms. The lowest BCUT2D eigenvalue weighted by Gasteiger charge is -2.28. The average Bonchev–Trinajstić information content (AvgIpc) is 2.84. The summed E-state index contributed by atoms with van der Waals surface area (Å²) in [6, 6.07) is 38.0. The Morgan fingerprint density at radius 3 is 1.58 bits per heavy atom. The number of rotatable bonds is 6. The van der Waals surface area contributed by atoms with E-state index in [9.17, 15) is 4.79 Å². The van der Waals surface area contributed by atoms with Gasteiger partial charge in [0.15, 0.2) is 0 Å². The van der Waals surface area contributed by atoms with Crippen LogP contribution in [0.1, 0.15) is 15.9 Å². The second kappa shape index (κ2) is 9.60. The lowest BCUT2D eigenvalue weighted by atomic mass is 10.1. The molecule has 0 N–H and O–H groups in total. The molecule has 0 fully saturated rings. The van der Waals surface area contributed by atoms with Gasteiger partial charge in [-0.25, -0.2) is 4.79 Å². The minimum Gasteiger partial charge on any atom is -0.465 e. The minimum absolute atomic E-state index is 0.336. The summed E-state index contributed by atoms with van der Waals surface area (Å²) in [6.45, 7) is 0. The van der Waals surface area contributed by atoms with E-state index in [4.69, 9.17) is 4.74 Å². The summed E-state index contributed by atoms with van der Waals surface area (Å²) in [5.41, 5.74) is 1.64. The van der Waals surface area contributed by atoms with Crippen LogP contribution in [0.25, 0.3) is 0 Å². The predicted octanol–water partition coefficient (Wildman–Crippen LogP) is 5.73. The van der Waals surface area contributed by atoms with E-state index in [1.807, 2.05) is 6.07 Å². The van der Waals surface area contributed by atoms with E-state index in [0.717, 1.165) is 16.2 Å². The summed E-state index contributed by atoms with van der Waals surface area (Å²) in [7, 11) is -0.629. The Bertz CT molecular complexity index is 1070. The fourth-order valence-corrected chi connectivity index (χ4v) is 9.04. The first kappa shape index (κ1) is 21.5. The van der Waals surface area contributed by atoms with Crippen molar-refractivity contribution in [3.63, 3.8) is 0 Å². The second-order valence-electron chi connectivity index (χ2n) is 7.24. The molecule has 31 heavy (non-hydrogen) atoms. The summed E-state index contributed by atoms with van der Waals surface area (Å²) in [6.07, 6.45) is 0.788. The monoisotopic (exact) mass is 489 g/mol. The molecule has 0 radical (unpaired) electrons. The van der Waals surface area contributed by atoms with Crippen LogP contribution in [0, 0.1) is 0 Å². The molecule has 0 saturated carbocycles. The maximum atomic E-state index is 12.3. The summed E-state index contributed by atoms with van der Waals surface area (Å²) >= 11 is 3.71. The van der Waals surface area contributed by atoms with Crippen molar-refractivity contribution in [1.82, 2.24) is 0 Å². The third-order valence-electron chi connectivity index (χ3n) is 5.48. The highest BCUT2D eigenvalue weighted by Crippen LogP contribution is 2.58. The van der Waals surface area contributed by atoms with E-state index in [0.29, 0.717) is 5.56 Å². The Kier molecular flexibility index (Phi) is 6.65. The van der Waals surface area contributed by atoms with Gasteiger partial charge in [0.25, 0.3) is 0 Å². The van der Waals surface area contributed by atoms with Gasteiger partial charge < -0.3 is 4.74 Å². The van der Waals surface area contributed by atoms with Gasteiger partial charge in [-0.3, -0.25) is 0 Å². The van der Waals surface area contributed by atoms with Crippen LogP contribution in [0.5, 0.6) is 0 Å². The lowest BCUT2D eigenvalue weighted by Crippen LogP contribution is -2.32. The third kappa shape index (κ3) is 4.21. The van der Waals surface area contributed by atoms with Crippen LogP contribution >= 0.6 is 23.2 Å². The molecule has 4 aromatic rings. The van der Waals surface area contributed by atoms with Gasteiger partial charge in [0.2, 0.25) is 0 Å². The molecular weight excluding hydrogens is 467 g/mol. The summed E-state index contributed by atoms with van der Waals surface area (Å²) in [5.74, 6) is -0.336. The van der Waals surface area contributed by atoms with Crippen molar-refractivity contribution in [2.24, 2.45) is 0 Å². The minimum atomic E-state index is -2.04. The quantitative estimate of drug-likeness (QED) is 0.255. The van der Waals surface area contributed by atoms with Crippen LogP contribution in [-0.4, -0.2) is 13.1 Å². The molecule has 0 saturated heterocycles. The van der Waals surface area contributed by atoms with Gasteiger partial charge in [-0.05, 0) is 58.4 Å². The van der Waals surface area contributed by atoms with Gasteiger partial charge >= 0.3 is 5.97 Å². The fourth-order valence-electron chi connectivity index (χ4n) is 3.99. The highest BCUT2D eigenvalue weighted by molar-refractivity contribution is 9.10. The van der Waals surface area contributed by atoms with Gasteiger partial charge in [0.1, 0.15) is 23.2 Å². The van der Waals surface area contributed by atoms with Gasteiger partial charge in [-0.2, -0.15) is 0 Å². The molecule has 154 valence electrons. The maximum absolute atomic E-state index is 12.3. The maximum Gasteiger partial charge on any atom is 0.339 e. The Labute approximate surface area is 192 Å². The fraction of sp³-hybridized carbons (Fsp3) is 0.0741. The smallest absolute Gasteiger partial charge is 0.339 e. The first-order valence-electron chi connectivity index (χ1n) is 10.1. The highest BCUT2D eigenvalue weighted by Gasteiger charge is 2.45. The molecule has 0 heterocycles. The number of carbonyl (C=O) groups excluding carboxylic acids is 1. The third-order valence-corrected chi connectivity index (χ3v) is 10.8. The van der Waals surface area contributed by atoms with Crippen molar-refractivity contribution >= 4 is 45.1 Å². The molecule has 0 aliphatic rings. The first-order chi connectivity index (χ1) is 15.2. The zero-order valence-corrected chi connectivity index (χ0v) is 19.7. The van der Waals surface area contributed by atoms with Crippen molar-refractivity contribution < 1.29 is 9.53 Å². The normalized spacial score (nSPS) is 11.2. The number of hydrogen-bond acceptors (Lipinski definition) is 2. The number of benzene rings is 4. The van der Waals surface area contributed by atoms with E-state index in [1.165, 1.54) is 23.0 Å². The average molecular weight is 490 g/mol. The van der Waals surface area contributed by atoms with Gasteiger partial charge in [-0.1, -0.05) is 66.7 Å². The lowest BCUT2D eigenvalue weighted by molar-refractivity contribution is 0.0599. The zero-order valence-electron chi connectivity index (χ0n) is 17.2. The Balaban J connectivity index is 1.99. The molecule has 0 aliphatic carbocycles. The summed E-state index contributed by atoms with van der Waals surface area (Å²) in [5, 5.41) is 3.92. The molecule has 0 aliphatic heterocycles. The molecule has 0 amide bonds. The van der Waals surface area contributed by atoms with E-state index in [-0.39, 0.29) is 5.97 Å². The Morgan fingerprint density at radius 1 is 0.710 bits per heavy atom. The number of esters is 1. The highest BCUT2D eigenvalue weighted by atomic mass is 79.9. The van der Waals surface area contributed by atoms with Crippen LogP contribution in [0.2, 0.25) is 0 Å². The predicted molar refractivity (Wildman–Crippen MR) is 134 cm³/mol. The molecule has 0 unspecified atom stereocenters. The molecule has 4 rings (SSSR count). The van der Waals surface area contributed by atoms with E-state index in [2.05, 4.69) is 113 Å². The number of halogens is 1. The second-order valence-corrected chi connectivity index (χ2v) is 11.5. The van der Waals surface area contributed by atoms with Gasteiger partial charge in [0.05, 0.1) is 18.8 Å². The van der Waals surface area contributed by atoms with Gasteiger partial charge in [-0.15, -0.1) is 0 Å².